The van der Waals surface area contributed by atoms with Crippen LogP contribution in [0.5, 0.6) is 0 Å². The molecule has 0 saturated carbocycles. The molecule has 0 aliphatic heterocycles. The van der Waals surface area contributed by atoms with Gasteiger partial charge in [0.2, 0.25) is 0 Å². The van der Waals surface area contributed by atoms with Crippen LogP contribution in [0.15, 0.2) is 28.7 Å². The molecule has 2 N–H and O–H groups in total. The lowest BCUT2D eigenvalue weighted by Gasteiger charge is -2.16. The van der Waals surface area contributed by atoms with Gasteiger partial charge in [-0.15, -0.1) is 0 Å². The smallest absolute Gasteiger partial charge is 0.316 e. The van der Waals surface area contributed by atoms with Crippen LogP contribution in [0.1, 0.15) is 11.6 Å². The zero-order valence-corrected chi connectivity index (χ0v) is 8.06. The van der Waals surface area contributed by atoms with Crippen molar-refractivity contribution in [2.24, 2.45) is 5.73 Å². The molecule has 72 valence electrons. The number of rotatable bonds is 1. The van der Waals surface area contributed by atoms with Crippen LogP contribution in [0.4, 0.5) is 13.2 Å². The van der Waals surface area contributed by atoms with Crippen LogP contribution < -0.4 is 5.73 Å². The number of hydrogen-bond donors (Lipinski definition) is 1. The van der Waals surface area contributed by atoms with Gasteiger partial charge in [0.1, 0.15) is 6.04 Å². The van der Waals surface area contributed by atoms with E-state index >= 15 is 0 Å². The van der Waals surface area contributed by atoms with Crippen molar-refractivity contribution in [1.82, 2.24) is 0 Å². The van der Waals surface area contributed by atoms with E-state index in [1.54, 1.807) is 6.07 Å². The monoisotopic (exact) mass is 253 g/mol. The lowest BCUT2D eigenvalue weighted by Crippen LogP contribution is -2.28. The maximum absolute atomic E-state index is 12.2. The molecule has 13 heavy (non-hydrogen) atoms. The van der Waals surface area contributed by atoms with Gasteiger partial charge in [0, 0.05) is 4.47 Å². The Balaban J connectivity index is 3.02. The Morgan fingerprint density at radius 1 is 1.23 bits per heavy atom. The van der Waals surface area contributed by atoms with Gasteiger partial charge in [0.25, 0.3) is 0 Å². The lowest BCUT2D eigenvalue weighted by atomic mass is 10.1. The summed E-state index contributed by atoms with van der Waals surface area (Å²) >= 11 is 3.01. The highest BCUT2D eigenvalue weighted by Gasteiger charge is 2.38. The van der Waals surface area contributed by atoms with E-state index in [1.807, 2.05) is 0 Å². The summed E-state index contributed by atoms with van der Waals surface area (Å²) in [6.07, 6.45) is -4.40. The molecule has 0 spiro atoms. The van der Waals surface area contributed by atoms with Crippen LogP contribution in [0.3, 0.4) is 0 Å². The molecule has 1 nitrogen and oxygen atoms in total. The van der Waals surface area contributed by atoms with Crippen LogP contribution in [-0.2, 0) is 0 Å². The first-order valence-electron chi connectivity index (χ1n) is 3.49. The van der Waals surface area contributed by atoms with Crippen LogP contribution in [-0.4, -0.2) is 6.18 Å². The van der Waals surface area contributed by atoms with Gasteiger partial charge in [0.05, 0.1) is 0 Å². The highest BCUT2D eigenvalue weighted by Crippen LogP contribution is 2.33. The van der Waals surface area contributed by atoms with Crippen molar-refractivity contribution in [3.8, 4) is 0 Å². The molecule has 0 aliphatic carbocycles. The average Bonchev–Trinajstić information content (AvgIpc) is 2.02. The second kappa shape index (κ2) is 3.67. The molecule has 0 aliphatic rings. The van der Waals surface area contributed by atoms with E-state index < -0.39 is 12.2 Å². The largest absolute Gasteiger partial charge is 0.407 e. The summed E-state index contributed by atoms with van der Waals surface area (Å²) < 4.78 is 36.9. The molecule has 0 aromatic heterocycles. The molecule has 0 amide bonds. The van der Waals surface area contributed by atoms with Crippen LogP contribution in [0.25, 0.3) is 0 Å². The Morgan fingerprint density at radius 3 is 2.23 bits per heavy atom. The third kappa shape index (κ3) is 2.45. The quantitative estimate of drug-likeness (QED) is 0.819. The zero-order valence-electron chi connectivity index (χ0n) is 6.48. The van der Waals surface area contributed by atoms with Crippen molar-refractivity contribution in [2.75, 3.05) is 0 Å². The fourth-order valence-corrected chi connectivity index (χ4v) is 1.44. The average molecular weight is 254 g/mol. The summed E-state index contributed by atoms with van der Waals surface area (Å²) in [7, 11) is 0. The van der Waals surface area contributed by atoms with Crippen molar-refractivity contribution >= 4 is 15.9 Å². The topological polar surface area (TPSA) is 26.0 Å². The molecule has 0 bridgehead atoms. The fourth-order valence-electron chi connectivity index (χ4n) is 0.904. The SMILES string of the molecule is N[C@H](c1ccccc1Br)C(F)(F)F. The zero-order chi connectivity index (χ0) is 10.1. The predicted molar refractivity (Wildman–Crippen MR) is 47.1 cm³/mol. The van der Waals surface area contributed by atoms with Crippen LogP contribution in [0.2, 0.25) is 0 Å². The molecule has 5 heteroatoms. The predicted octanol–water partition coefficient (Wildman–Crippen LogP) is 3.01. The van der Waals surface area contributed by atoms with Gasteiger partial charge in [-0.3, -0.25) is 0 Å². The van der Waals surface area contributed by atoms with Gasteiger partial charge in [-0.05, 0) is 11.6 Å². The molecule has 0 heterocycles. The van der Waals surface area contributed by atoms with E-state index in [4.69, 9.17) is 5.73 Å². The minimum absolute atomic E-state index is 0.0509. The van der Waals surface area contributed by atoms with Crippen molar-refractivity contribution < 1.29 is 13.2 Å². The highest BCUT2D eigenvalue weighted by atomic mass is 79.9. The summed E-state index contributed by atoms with van der Waals surface area (Å²) in [6.45, 7) is 0. The van der Waals surface area contributed by atoms with Crippen molar-refractivity contribution in [3.63, 3.8) is 0 Å². The molecule has 0 saturated heterocycles. The molecule has 0 unspecified atom stereocenters. The van der Waals surface area contributed by atoms with Gasteiger partial charge in [-0.25, -0.2) is 0 Å². The second-order valence-corrected chi connectivity index (χ2v) is 3.40. The minimum atomic E-state index is -4.40. The molecule has 1 rings (SSSR count). The summed E-state index contributed by atoms with van der Waals surface area (Å²) in [5.41, 5.74) is 5.07. The normalized spacial score (nSPS) is 14.2. The number of halogens is 4. The molecule has 1 atom stereocenters. The highest BCUT2D eigenvalue weighted by molar-refractivity contribution is 9.10. The van der Waals surface area contributed by atoms with E-state index in [-0.39, 0.29) is 5.56 Å². The lowest BCUT2D eigenvalue weighted by molar-refractivity contribution is -0.149. The molecule has 0 radical (unpaired) electrons. The van der Waals surface area contributed by atoms with Gasteiger partial charge < -0.3 is 5.73 Å². The Labute approximate surface area is 81.9 Å². The third-order valence-electron chi connectivity index (χ3n) is 1.59. The Hall–Kier alpha value is -0.550. The van der Waals surface area contributed by atoms with Gasteiger partial charge >= 0.3 is 6.18 Å². The van der Waals surface area contributed by atoms with E-state index in [1.165, 1.54) is 18.2 Å². The summed E-state index contributed by atoms with van der Waals surface area (Å²) in [5, 5.41) is 0. The number of hydrogen-bond acceptors (Lipinski definition) is 1. The van der Waals surface area contributed by atoms with E-state index in [9.17, 15) is 13.2 Å². The number of alkyl halides is 3. The Kier molecular flexibility index (Phi) is 2.98. The molecule has 0 fully saturated rings. The van der Waals surface area contributed by atoms with Crippen LogP contribution in [0, 0.1) is 0 Å². The maximum Gasteiger partial charge on any atom is 0.407 e. The van der Waals surface area contributed by atoms with Crippen molar-refractivity contribution in [2.45, 2.75) is 12.2 Å². The summed E-state index contributed by atoms with van der Waals surface area (Å²) in [6, 6.07) is 4.11. The van der Waals surface area contributed by atoms with Crippen molar-refractivity contribution in [1.29, 1.82) is 0 Å². The van der Waals surface area contributed by atoms with Crippen LogP contribution >= 0.6 is 15.9 Å². The Morgan fingerprint density at radius 2 is 1.77 bits per heavy atom. The first-order valence-corrected chi connectivity index (χ1v) is 4.29. The van der Waals surface area contributed by atoms with E-state index in [0.29, 0.717) is 4.47 Å². The Bertz CT molecular complexity index is 298. The molecule has 1 aromatic rings. The minimum Gasteiger partial charge on any atom is -0.316 e. The summed E-state index contributed by atoms with van der Waals surface area (Å²) in [4.78, 5) is 0. The molecule has 1 aromatic carbocycles. The third-order valence-corrected chi connectivity index (χ3v) is 2.32. The number of benzene rings is 1. The first-order chi connectivity index (χ1) is 5.93. The van der Waals surface area contributed by atoms with E-state index in [0.717, 1.165) is 0 Å². The second-order valence-electron chi connectivity index (χ2n) is 2.54. The molecular weight excluding hydrogens is 247 g/mol. The number of nitrogens with two attached hydrogens (primary N) is 1. The van der Waals surface area contributed by atoms with Crippen molar-refractivity contribution in [3.05, 3.63) is 34.3 Å². The first kappa shape index (κ1) is 10.5. The summed E-state index contributed by atoms with van der Waals surface area (Å²) in [5.74, 6) is 0. The van der Waals surface area contributed by atoms with Gasteiger partial charge in [-0.2, -0.15) is 13.2 Å². The van der Waals surface area contributed by atoms with Gasteiger partial charge in [-0.1, -0.05) is 34.1 Å². The van der Waals surface area contributed by atoms with E-state index in [2.05, 4.69) is 15.9 Å². The molecular formula is C8H7BrF3N. The maximum atomic E-state index is 12.2. The fraction of sp³-hybridized carbons (Fsp3) is 0.250. The standard InChI is InChI=1S/C8H7BrF3N/c9-6-4-2-1-3-5(6)7(13)8(10,11)12/h1-4,7H,13H2/t7-/m1/s1. The van der Waals surface area contributed by atoms with Gasteiger partial charge in [0.15, 0.2) is 0 Å².